The maximum atomic E-state index is 11.8. The zero-order chi connectivity index (χ0) is 15.2. The number of aliphatic carboxylic acids is 2. The fraction of sp³-hybridized carbons (Fsp3) is 0.692. The summed E-state index contributed by atoms with van der Waals surface area (Å²) in [5.41, 5.74) is -2.24. The fourth-order valence-electron chi connectivity index (χ4n) is 2.53. The first-order valence-corrected chi connectivity index (χ1v) is 6.05. The zero-order valence-corrected chi connectivity index (χ0v) is 11.8. The topological polar surface area (TPSA) is 93.1 Å². The molecule has 0 amide bonds. The highest BCUT2D eigenvalue weighted by Crippen LogP contribution is 2.41. The van der Waals surface area contributed by atoms with Crippen molar-refractivity contribution < 1.29 is 29.3 Å². The number of rotatable bonds is 9. The Balaban J connectivity index is 6.09. The number of carboxylic acids is 2. The molecule has 0 rings (SSSR count). The molecular weight excluding hydrogens is 252 g/mol. The van der Waals surface area contributed by atoms with Gasteiger partial charge in [-0.2, -0.15) is 0 Å². The normalized spacial score (nSPS) is 17.3. The van der Waals surface area contributed by atoms with E-state index in [1.54, 1.807) is 13.8 Å². The molecule has 0 aliphatic rings. The highest BCUT2D eigenvalue weighted by Gasteiger charge is 2.56. The van der Waals surface area contributed by atoms with Crippen molar-refractivity contribution in [1.82, 2.24) is 0 Å². The molecule has 0 aromatic carbocycles. The summed E-state index contributed by atoms with van der Waals surface area (Å²) in [6.45, 7) is 6.89. The smallest absolute Gasteiger partial charge is 0.332 e. The monoisotopic (exact) mass is 274 g/mol. The molecule has 19 heavy (non-hydrogen) atoms. The molecule has 2 unspecified atom stereocenters. The Hall–Kier alpha value is -1.40. The summed E-state index contributed by atoms with van der Waals surface area (Å²) in [6, 6.07) is 0. The molecule has 6 nitrogen and oxygen atoms in total. The van der Waals surface area contributed by atoms with E-state index in [4.69, 9.17) is 9.47 Å². The number of methoxy groups -OCH3 is 2. The van der Waals surface area contributed by atoms with Crippen LogP contribution in [0.5, 0.6) is 0 Å². The van der Waals surface area contributed by atoms with Crippen LogP contribution in [0.3, 0.4) is 0 Å². The van der Waals surface area contributed by atoms with Gasteiger partial charge in [0.05, 0.1) is 17.8 Å². The Morgan fingerprint density at radius 3 is 1.63 bits per heavy atom. The van der Waals surface area contributed by atoms with Crippen LogP contribution >= 0.6 is 0 Å². The van der Waals surface area contributed by atoms with Crippen molar-refractivity contribution in [2.24, 2.45) is 5.41 Å². The second-order valence-electron chi connectivity index (χ2n) is 4.22. The van der Waals surface area contributed by atoms with E-state index in [9.17, 15) is 19.8 Å². The molecule has 0 heterocycles. The second-order valence-corrected chi connectivity index (χ2v) is 4.22. The van der Waals surface area contributed by atoms with E-state index in [1.165, 1.54) is 14.2 Å². The van der Waals surface area contributed by atoms with Gasteiger partial charge >= 0.3 is 11.9 Å². The summed E-state index contributed by atoms with van der Waals surface area (Å²) in [5.74, 6) is -2.67. The summed E-state index contributed by atoms with van der Waals surface area (Å²) >= 11 is 0. The van der Waals surface area contributed by atoms with Gasteiger partial charge in [0, 0.05) is 14.2 Å². The summed E-state index contributed by atoms with van der Waals surface area (Å²) in [7, 11) is 2.70. The first-order chi connectivity index (χ1) is 8.84. The predicted molar refractivity (Wildman–Crippen MR) is 69.0 cm³/mol. The van der Waals surface area contributed by atoms with Crippen molar-refractivity contribution in [2.75, 3.05) is 14.2 Å². The van der Waals surface area contributed by atoms with Crippen molar-refractivity contribution in [1.29, 1.82) is 0 Å². The van der Waals surface area contributed by atoms with Crippen LogP contribution in [0, 0.1) is 5.41 Å². The summed E-state index contributed by atoms with van der Waals surface area (Å²) in [4.78, 5) is 23.1. The zero-order valence-electron chi connectivity index (χ0n) is 11.8. The third-order valence-corrected chi connectivity index (χ3v) is 3.44. The van der Waals surface area contributed by atoms with Crippen LogP contribution in [0.15, 0.2) is 12.2 Å². The molecule has 6 heteroatoms. The van der Waals surface area contributed by atoms with E-state index < -0.39 is 35.1 Å². The van der Waals surface area contributed by atoms with Crippen molar-refractivity contribution >= 4 is 11.9 Å². The summed E-state index contributed by atoms with van der Waals surface area (Å²) in [5, 5.41) is 18.8. The highest BCUT2D eigenvalue weighted by molar-refractivity contribution is 5.97. The Kier molecular flexibility index (Phi) is 6.72. The van der Waals surface area contributed by atoms with Crippen LogP contribution in [-0.2, 0) is 19.1 Å². The van der Waals surface area contributed by atoms with E-state index in [2.05, 4.69) is 6.58 Å². The lowest BCUT2D eigenvalue weighted by Crippen LogP contribution is -2.55. The van der Waals surface area contributed by atoms with Gasteiger partial charge in [0.25, 0.3) is 0 Å². The van der Waals surface area contributed by atoms with Gasteiger partial charge in [0.15, 0.2) is 5.41 Å². The minimum absolute atomic E-state index is 0.328. The van der Waals surface area contributed by atoms with Crippen LogP contribution in [0.2, 0.25) is 0 Å². The minimum Gasteiger partial charge on any atom is -0.480 e. The van der Waals surface area contributed by atoms with Gasteiger partial charge in [-0.15, -0.1) is 0 Å². The van der Waals surface area contributed by atoms with Crippen LogP contribution in [0.25, 0.3) is 0 Å². The van der Waals surface area contributed by atoms with Gasteiger partial charge < -0.3 is 19.7 Å². The van der Waals surface area contributed by atoms with E-state index in [0.29, 0.717) is 12.8 Å². The number of hydrogen-bond acceptors (Lipinski definition) is 4. The van der Waals surface area contributed by atoms with E-state index >= 15 is 0 Å². The van der Waals surface area contributed by atoms with Gasteiger partial charge in [-0.25, -0.2) is 4.79 Å². The molecule has 2 N–H and O–H groups in total. The Morgan fingerprint density at radius 1 is 1.11 bits per heavy atom. The number of ether oxygens (including phenoxy) is 2. The molecule has 0 saturated heterocycles. The molecule has 0 bridgehead atoms. The van der Waals surface area contributed by atoms with Gasteiger partial charge in [0.1, 0.15) is 0 Å². The van der Waals surface area contributed by atoms with E-state index in [0.717, 1.165) is 0 Å². The van der Waals surface area contributed by atoms with Crippen LogP contribution in [0.4, 0.5) is 0 Å². The van der Waals surface area contributed by atoms with Crippen molar-refractivity contribution in [3.05, 3.63) is 12.2 Å². The molecule has 0 fully saturated rings. The van der Waals surface area contributed by atoms with Gasteiger partial charge in [-0.1, -0.05) is 20.4 Å². The molecule has 2 atom stereocenters. The van der Waals surface area contributed by atoms with E-state index in [1.807, 2.05) is 0 Å². The van der Waals surface area contributed by atoms with Gasteiger partial charge in [-0.05, 0) is 12.8 Å². The Bertz CT molecular complexity index is 329. The quantitative estimate of drug-likeness (QED) is 0.620. The molecule has 0 aliphatic carbocycles. The molecule has 0 radical (unpaired) electrons. The second kappa shape index (κ2) is 7.25. The number of hydrogen-bond donors (Lipinski definition) is 2. The lowest BCUT2D eigenvalue weighted by molar-refractivity contribution is -0.172. The lowest BCUT2D eigenvalue weighted by Gasteiger charge is -2.40. The molecule has 0 aromatic rings. The van der Waals surface area contributed by atoms with Crippen LogP contribution in [0.1, 0.15) is 26.7 Å². The van der Waals surface area contributed by atoms with Crippen molar-refractivity contribution in [3.8, 4) is 0 Å². The molecule has 0 spiro atoms. The molecule has 0 aliphatic heterocycles. The predicted octanol–water partition coefficient (Wildman–Crippen LogP) is 1.55. The average molecular weight is 274 g/mol. The minimum atomic E-state index is -1.81. The third-order valence-electron chi connectivity index (χ3n) is 3.44. The fourth-order valence-corrected chi connectivity index (χ4v) is 2.53. The lowest BCUT2D eigenvalue weighted by atomic mass is 9.69. The summed E-state index contributed by atoms with van der Waals surface area (Å²) < 4.78 is 10.4. The third kappa shape index (κ3) is 2.96. The van der Waals surface area contributed by atoms with Crippen LogP contribution < -0.4 is 0 Å². The molecule has 0 aromatic heterocycles. The maximum absolute atomic E-state index is 11.8. The average Bonchev–Trinajstić information content (AvgIpc) is 2.37. The van der Waals surface area contributed by atoms with Crippen molar-refractivity contribution in [2.45, 2.75) is 38.9 Å². The molecular formula is C13H22O6. The van der Waals surface area contributed by atoms with Crippen molar-refractivity contribution in [3.63, 3.8) is 0 Å². The van der Waals surface area contributed by atoms with Crippen LogP contribution in [-0.4, -0.2) is 48.6 Å². The first kappa shape index (κ1) is 17.6. The Labute approximate surface area is 113 Å². The number of carbonyl (C=O) groups is 2. The molecule has 0 saturated carbocycles. The van der Waals surface area contributed by atoms with E-state index in [-0.39, 0.29) is 0 Å². The van der Waals surface area contributed by atoms with Gasteiger partial charge in [0.2, 0.25) is 0 Å². The standard InChI is InChI=1S/C13H22O6/c1-6-9(18-4)13(12(16)17,8(3)11(14)15)10(7-2)19-5/h9-10H,3,6-7H2,1-2,4-5H3,(H,14,15)(H,16,17). The first-order valence-electron chi connectivity index (χ1n) is 6.05. The number of carboxylic acid groups (broad SMARTS) is 2. The highest BCUT2D eigenvalue weighted by atomic mass is 16.5. The molecule has 110 valence electrons. The summed E-state index contributed by atoms with van der Waals surface area (Å²) in [6.07, 6.45) is -1.01. The SMILES string of the molecule is C=C(C(=O)O)C(C(=O)O)(C(CC)OC)C(CC)OC. The maximum Gasteiger partial charge on any atom is 0.332 e. The Morgan fingerprint density at radius 2 is 1.47 bits per heavy atom. The largest absolute Gasteiger partial charge is 0.480 e. The van der Waals surface area contributed by atoms with Gasteiger partial charge in [-0.3, -0.25) is 4.79 Å².